The van der Waals surface area contributed by atoms with Gasteiger partial charge in [-0.1, -0.05) is 0 Å². The summed E-state index contributed by atoms with van der Waals surface area (Å²) in [7, 11) is 0. The molecular weight excluding hydrogens is 239 g/mol. The third-order valence-electron chi connectivity index (χ3n) is 2.34. The molecule has 0 bridgehead atoms. The number of H-pyrrole nitrogens is 1. The van der Waals surface area contributed by atoms with E-state index in [1.165, 1.54) is 24.3 Å². The van der Waals surface area contributed by atoms with E-state index in [1.807, 2.05) is 0 Å². The van der Waals surface area contributed by atoms with E-state index in [1.54, 1.807) is 6.92 Å². The second-order valence-corrected chi connectivity index (χ2v) is 3.52. The van der Waals surface area contributed by atoms with Crippen LogP contribution < -0.4 is 0 Å². The Kier molecular flexibility index (Phi) is 3.27. The number of ether oxygens (including phenoxy) is 1. The zero-order valence-electron chi connectivity index (χ0n) is 9.61. The lowest BCUT2D eigenvalue weighted by Crippen LogP contribution is -2.05. The van der Waals surface area contributed by atoms with Crippen molar-refractivity contribution in [2.75, 3.05) is 6.61 Å². The summed E-state index contributed by atoms with van der Waals surface area (Å²) in [6, 6.07) is 5.40. The van der Waals surface area contributed by atoms with Crippen molar-refractivity contribution < 1.29 is 19.0 Å². The van der Waals surface area contributed by atoms with E-state index in [4.69, 9.17) is 4.74 Å². The van der Waals surface area contributed by atoms with Crippen LogP contribution in [0, 0.1) is 5.82 Å². The van der Waals surface area contributed by atoms with Crippen LogP contribution in [0.3, 0.4) is 0 Å². The number of carbonyl (C=O) groups is 1. The maximum absolute atomic E-state index is 12.8. The Balaban J connectivity index is 2.36. The van der Waals surface area contributed by atoms with Crippen LogP contribution in [0.15, 0.2) is 24.3 Å². The van der Waals surface area contributed by atoms with Gasteiger partial charge in [-0.25, -0.2) is 9.18 Å². The van der Waals surface area contributed by atoms with Gasteiger partial charge in [-0.2, -0.15) is 5.10 Å². The number of benzene rings is 1. The number of halogens is 1. The number of hydrogen-bond donors (Lipinski definition) is 2. The van der Waals surface area contributed by atoms with Crippen LogP contribution in [0.25, 0.3) is 11.3 Å². The van der Waals surface area contributed by atoms with Crippen LogP contribution >= 0.6 is 0 Å². The molecule has 0 unspecified atom stereocenters. The summed E-state index contributed by atoms with van der Waals surface area (Å²) in [5.74, 6) is -1.38. The van der Waals surface area contributed by atoms with Crippen LogP contribution in [0.5, 0.6) is 5.75 Å². The van der Waals surface area contributed by atoms with Gasteiger partial charge in [-0.3, -0.25) is 5.10 Å². The second kappa shape index (κ2) is 4.87. The molecule has 0 fully saturated rings. The number of aromatic hydroxyl groups is 1. The molecule has 18 heavy (non-hydrogen) atoms. The maximum atomic E-state index is 12.8. The van der Waals surface area contributed by atoms with Crippen LogP contribution in [-0.2, 0) is 4.74 Å². The maximum Gasteiger partial charge on any atom is 0.360 e. The van der Waals surface area contributed by atoms with Gasteiger partial charge >= 0.3 is 5.97 Å². The van der Waals surface area contributed by atoms with E-state index < -0.39 is 5.97 Å². The van der Waals surface area contributed by atoms with Crippen molar-refractivity contribution in [2.24, 2.45) is 0 Å². The van der Waals surface area contributed by atoms with Gasteiger partial charge in [0.15, 0.2) is 11.4 Å². The molecule has 5 nitrogen and oxygen atoms in total. The Labute approximate surface area is 102 Å². The minimum atomic E-state index is -0.684. The van der Waals surface area contributed by atoms with E-state index in [9.17, 15) is 14.3 Å². The average molecular weight is 250 g/mol. The first-order valence-electron chi connectivity index (χ1n) is 5.34. The molecule has 1 aromatic heterocycles. The molecule has 0 spiro atoms. The third kappa shape index (κ3) is 2.17. The minimum absolute atomic E-state index is 0.115. The molecule has 0 saturated carbocycles. The van der Waals surface area contributed by atoms with Crippen LogP contribution in [-0.4, -0.2) is 27.9 Å². The standard InChI is InChI=1S/C12H11FN2O3/c1-2-18-12(17)10-11(16)9(14-15-10)7-3-5-8(13)6-4-7/h3-6,16H,2H2,1H3,(H,14,15). The van der Waals surface area contributed by atoms with Crippen molar-refractivity contribution in [1.29, 1.82) is 0 Å². The Bertz CT molecular complexity index is 563. The van der Waals surface area contributed by atoms with Crippen LogP contribution in [0.4, 0.5) is 4.39 Å². The molecule has 1 heterocycles. The lowest BCUT2D eigenvalue weighted by molar-refractivity contribution is 0.0516. The van der Waals surface area contributed by atoms with Crippen molar-refractivity contribution in [2.45, 2.75) is 6.92 Å². The summed E-state index contributed by atoms with van der Waals surface area (Å²) in [6.07, 6.45) is 0. The highest BCUT2D eigenvalue weighted by Crippen LogP contribution is 2.30. The molecule has 0 aliphatic carbocycles. The highest BCUT2D eigenvalue weighted by molar-refractivity contribution is 5.92. The summed E-state index contributed by atoms with van der Waals surface area (Å²) < 4.78 is 17.5. The van der Waals surface area contributed by atoms with E-state index >= 15 is 0 Å². The Morgan fingerprint density at radius 3 is 2.72 bits per heavy atom. The number of hydrogen-bond acceptors (Lipinski definition) is 4. The molecule has 0 aliphatic rings. The zero-order chi connectivity index (χ0) is 13.1. The van der Waals surface area contributed by atoms with Gasteiger partial charge in [-0.05, 0) is 31.2 Å². The number of esters is 1. The highest BCUT2D eigenvalue weighted by Gasteiger charge is 2.20. The first-order valence-corrected chi connectivity index (χ1v) is 5.34. The molecule has 0 saturated heterocycles. The lowest BCUT2D eigenvalue weighted by Gasteiger charge is -2.00. The van der Waals surface area contributed by atoms with Crippen molar-refractivity contribution in [3.05, 3.63) is 35.8 Å². The molecule has 94 valence electrons. The molecule has 0 aliphatic heterocycles. The smallest absolute Gasteiger partial charge is 0.360 e. The van der Waals surface area contributed by atoms with E-state index in [0.717, 1.165) is 0 Å². The molecule has 2 aromatic rings. The number of aromatic amines is 1. The first kappa shape index (κ1) is 12.1. The third-order valence-corrected chi connectivity index (χ3v) is 2.34. The molecule has 0 atom stereocenters. The zero-order valence-corrected chi connectivity index (χ0v) is 9.61. The van der Waals surface area contributed by atoms with Gasteiger partial charge < -0.3 is 9.84 Å². The summed E-state index contributed by atoms with van der Waals surface area (Å²) in [6.45, 7) is 1.86. The fourth-order valence-corrected chi connectivity index (χ4v) is 1.49. The number of rotatable bonds is 3. The number of aromatic nitrogens is 2. The normalized spacial score (nSPS) is 10.3. The summed E-state index contributed by atoms with van der Waals surface area (Å²) in [5.41, 5.74) is 0.565. The van der Waals surface area contributed by atoms with Gasteiger partial charge in [0.05, 0.1) is 6.61 Å². The number of nitrogens with zero attached hydrogens (tertiary/aromatic N) is 1. The van der Waals surface area contributed by atoms with Gasteiger partial charge in [0, 0.05) is 5.56 Å². The van der Waals surface area contributed by atoms with Crippen LogP contribution in [0.1, 0.15) is 17.4 Å². The quantitative estimate of drug-likeness (QED) is 0.818. The Morgan fingerprint density at radius 2 is 2.11 bits per heavy atom. The van der Waals surface area contributed by atoms with Crippen molar-refractivity contribution >= 4 is 5.97 Å². The van der Waals surface area contributed by atoms with E-state index in [0.29, 0.717) is 5.56 Å². The molecular formula is C12H11FN2O3. The summed E-state index contributed by atoms with van der Waals surface area (Å²) >= 11 is 0. The largest absolute Gasteiger partial charge is 0.504 e. The first-order chi connectivity index (χ1) is 8.63. The fourth-order valence-electron chi connectivity index (χ4n) is 1.49. The summed E-state index contributed by atoms with van der Waals surface area (Å²) in [5, 5.41) is 16.1. The molecule has 6 heteroatoms. The van der Waals surface area contributed by atoms with Gasteiger partial charge in [0.1, 0.15) is 11.5 Å². The Morgan fingerprint density at radius 1 is 1.44 bits per heavy atom. The van der Waals surface area contributed by atoms with Crippen molar-refractivity contribution in [3.63, 3.8) is 0 Å². The average Bonchev–Trinajstić information content (AvgIpc) is 2.73. The fraction of sp³-hybridized carbons (Fsp3) is 0.167. The van der Waals surface area contributed by atoms with Crippen molar-refractivity contribution in [3.8, 4) is 17.0 Å². The predicted octanol–water partition coefficient (Wildman–Crippen LogP) is 2.10. The lowest BCUT2D eigenvalue weighted by atomic mass is 10.1. The Hall–Kier alpha value is -2.37. The molecule has 2 rings (SSSR count). The number of carbonyl (C=O) groups excluding carboxylic acids is 1. The van der Waals surface area contributed by atoms with Crippen molar-refractivity contribution in [1.82, 2.24) is 10.2 Å². The van der Waals surface area contributed by atoms with E-state index in [2.05, 4.69) is 10.2 Å². The van der Waals surface area contributed by atoms with Gasteiger partial charge in [0.25, 0.3) is 0 Å². The SMILES string of the molecule is CCOC(=O)c1[nH]nc(-c2ccc(F)cc2)c1O. The minimum Gasteiger partial charge on any atom is -0.504 e. The number of nitrogens with one attached hydrogen (secondary N) is 1. The molecule has 0 radical (unpaired) electrons. The van der Waals surface area contributed by atoms with E-state index in [-0.39, 0.29) is 29.6 Å². The van der Waals surface area contributed by atoms with Gasteiger partial charge in [0.2, 0.25) is 0 Å². The molecule has 0 amide bonds. The molecule has 2 N–H and O–H groups in total. The second-order valence-electron chi connectivity index (χ2n) is 3.52. The van der Waals surface area contributed by atoms with Crippen LogP contribution in [0.2, 0.25) is 0 Å². The molecule has 1 aromatic carbocycles. The summed E-state index contributed by atoms with van der Waals surface area (Å²) in [4.78, 5) is 11.5. The predicted molar refractivity (Wildman–Crippen MR) is 61.6 cm³/mol. The highest BCUT2D eigenvalue weighted by atomic mass is 19.1. The topological polar surface area (TPSA) is 75.2 Å². The monoisotopic (exact) mass is 250 g/mol. The van der Waals surface area contributed by atoms with Gasteiger partial charge in [-0.15, -0.1) is 0 Å².